The van der Waals surface area contributed by atoms with Gasteiger partial charge in [-0.1, -0.05) is 17.7 Å². The zero-order valence-electron chi connectivity index (χ0n) is 11.5. The summed E-state index contributed by atoms with van der Waals surface area (Å²) in [7, 11) is 2.06. The van der Waals surface area contributed by atoms with E-state index in [1.54, 1.807) is 0 Å². The molecule has 2 atom stereocenters. The van der Waals surface area contributed by atoms with Crippen molar-refractivity contribution in [3.05, 3.63) is 28.8 Å². The van der Waals surface area contributed by atoms with E-state index in [9.17, 15) is 4.79 Å². The predicted molar refractivity (Wildman–Crippen MR) is 73.2 cm³/mol. The number of nitrogens with zero attached hydrogens (tertiary/aromatic N) is 1. The van der Waals surface area contributed by atoms with Crippen LogP contribution in [0.3, 0.4) is 0 Å². The largest absolute Gasteiger partial charge is 0.481 e. The Balaban J connectivity index is 2.10. The SMILES string of the molecule is Cc1cc(C)c(N(C)CC2CC2C(=O)O)c(C)c1. The molecule has 1 aliphatic carbocycles. The predicted octanol–water partition coefficient (Wildman–Crippen LogP) is 2.77. The molecule has 0 aliphatic heterocycles. The maximum Gasteiger partial charge on any atom is 0.306 e. The van der Waals surface area contributed by atoms with Crippen LogP contribution < -0.4 is 4.90 Å². The molecule has 0 aromatic heterocycles. The second-order valence-electron chi connectivity index (χ2n) is 5.57. The van der Waals surface area contributed by atoms with Crippen LogP contribution in [-0.2, 0) is 4.79 Å². The van der Waals surface area contributed by atoms with Crippen molar-refractivity contribution in [3.63, 3.8) is 0 Å². The van der Waals surface area contributed by atoms with Crippen molar-refractivity contribution < 1.29 is 9.90 Å². The molecule has 0 radical (unpaired) electrons. The second kappa shape index (κ2) is 4.63. The minimum absolute atomic E-state index is 0.126. The number of rotatable bonds is 4. The molecule has 1 saturated carbocycles. The molecule has 2 unspecified atom stereocenters. The fourth-order valence-electron chi connectivity index (χ4n) is 2.97. The molecule has 1 aromatic rings. The van der Waals surface area contributed by atoms with Gasteiger partial charge in [-0.25, -0.2) is 0 Å². The number of hydrogen-bond donors (Lipinski definition) is 1. The van der Waals surface area contributed by atoms with Crippen LogP contribution in [0.2, 0.25) is 0 Å². The summed E-state index contributed by atoms with van der Waals surface area (Å²) >= 11 is 0. The molecule has 98 valence electrons. The van der Waals surface area contributed by atoms with E-state index in [0.29, 0.717) is 5.92 Å². The lowest BCUT2D eigenvalue weighted by molar-refractivity contribution is -0.138. The smallest absolute Gasteiger partial charge is 0.306 e. The van der Waals surface area contributed by atoms with Crippen molar-refractivity contribution in [2.24, 2.45) is 11.8 Å². The summed E-state index contributed by atoms with van der Waals surface area (Å²) in [6.07, 6.45) is 0.823. The number of hydrogen-bond acceptors (Lipinski definition) is 2. The number of carboxylic acid groups (broad SMARTS) is 1. The minimum Gasteiger partial charge on any atom is -0.481 e. The van der Waals surface area contributed by atoms with Crippen LogP contribution in [-0.4, -0.2) is 24.7 Å². The van der Waals surface area contributed by atoms with Crippen molar-refractivity contribution in [1.29, 1.82) is 0 Å². The Morgan fingerprint density at radius 3 is 2.33 bits per heavy atom. The molecule has 1 aliphatic rings. The molecule has 1 N–H and O–H groups in total. The Bertz CT molecular complexity index is 458. The zero-order valence-corrected chi connectivity index (χ0v) is 11.5. The number of carboxylic acids is 1. The molecule has 0 bridgehead atoms. The first-order chi connectivity index (χ1) is 8.40. The number of anilines is 1. The van der Waals surface area contributed by atoms with E-state index in [1.807, 2.05) is 0 Å². The van der Waals surface area contributed by atoms with Gasteiger partial charge in [-0.2, -0.15) is 0 Å². The van der Waals surface area contributed by atoms with E-state index in [2.05, 4.69) is 44.9 Å². The molecule has 18 heavy (non-hydrogen) atoms. The Morgan fingerprint density at radius 1 is 1.33 bits per heavy atom. The number of aliphatic carboxylic acids is 1. The summed E-state index contributed by atoms with van der Waals surface area (Å²) in [5.74, 6) is -0.461. The maximum atomic E-state index is 10.8. The number of benzene rings is 1. The Hall–Kier alpha value is -1.51. The monoisotopic (exact) mass is 247 g/mol. The molecule has 0 saturated heterocycles. The van der Waals surface area contributed by atoms with Crippen molar-refractivity contribution in [2.75, 3.05) is 18.5 Å². The van der Waals surface area contributed by atoms with E-state index in [-0.39, 0.29) is 5.92 Å². The molecular weight excluding hydrogens is 226 g/mol. The van der Waals surface area contributed by atoms with Gasteiger partial charge in [-0.3, -0.25) is 4.79 Å². The van der Waals surface area contributed by atoms with Crippen molar-refractivity contribution in [3.8, 4) is 0 Å². The molecule has 1 fully saturated rings. The lowest BCUT2D eigenvalue weighted by atomic mass is 10.0. The highest BCUT2D eigenvalue weighted by Crippen LogP contribution is 2.40. The van der Waals surface area contributed by atoms with Crippen molar-refractivity contribution in [1.82, 2.24) is 0 Å². The highest BCUT2D eigenvalue weighted by molar-refractivity contribution is 5.73. The molecular formula is C15H21NO2. The first-order valence-corrected chi connectivity index (χ1v) is 6.42. The Kier molecular flexibility index (Phi) is 3.33. The van der Waals surface area contributed by atoms with Gasteiger partial charge in [0.25, 0.3) is 0 Å². The summed E-state index contributed by atoms with van der Waals surface area (Å²) in [5, 5.41) is 8.93. The fraction of sp³-hybridized carbons (Fsp3) is 0.533. The maximum absolute atomic E-state index is 10.8. The molecule has 0 heterocycles. The second-order valence-corrected chi connectivity index (χ2v) is 5.57. The summed E-state index contributed by atoms with van der Waals surface area (Å²) in [4.78, 5) is 13.1. The Morgan fingerprint density at radius 2 is 1.89 bits per heavy atom. The van der Waals surface area contributed by atoms with E-state index in [0.717, 1.165) is 13.0 Å². The number of carbonyl (C=O) groups is 1. The van der Waals surface area contributed by atoms with Gasteiger partial charge >= 0.3 is 5.97 Å². The van der Waals surface area contributed by atoms with Crippen LogP contribution in [0.1, 0.15) is 23.1 Å². The topological polar surface area (TPSA) is 40.5 Å². The minimum atomic E-state index is -0.647. The van der Waals surface area contributed by atoms with E-state index < -0.39 is 5.97 Å². The molecule has 1 aromatic carbocycles. The highest BCUT2D eigenvalue weighted by atomic mass is 16.4. The lowest BCUT2D eigenvalue weighted by Crippen LogP contribution is -2.23. The van der Waals surface area contributed by atoms with Crippen LogP contribution in [0.4, 0.5) is 5.69 Å². The van der Waals surface area contributed by atoms with E-state index in [4.69, 9.17) is 5.11 Å². The average molecular weight is 247 g/mol. The first kappa shape index (κ1) is 12.9. The summed E-state index contributed by atoms with van der Waals surface area (Å²) < 4.78 is 0. The van der Waals surface area contributed by atoms with Gasteiger partial charge in [0.15, 0.2) is 0 Å². The van der Waals surface area contributed by atoms with Crippen molar-refractivity contribution in [2.45, 2.75) is 27.2 Å². The van der Waals surface area contributed by atoms with Gasteiger partial charge in [0.2, 0.25) is 0 Å². The van der Waals surface area contributed by atoms with Crippen LogP contribution in [0, 0.1) is 32.6 Å². The van der Waals surface area contributed by atoms with Crippen LogP contribution in [0.25, 0.3) is 0 Å². The third-order valence-electron chi connectivity index (χ3n) is 3.77. The highest BCUT2D eigenvalue weighted by Gasteiger charge is 2.43. The Labute approximate surface area is 108 Å². The summed E-state index contributed by atoms with van der Waals surface area (Å²) in [5.41, 5.74) is 5.05. The molecule has 3 heteroatoms. The molecule has 3 nitrogen and oxygen atoms in total. The van der Waals surface area contributed by atoms with Gasteiger partial charge in [0, 0.05) is 19.3 Å². The van der Waals surface area contributed by atoms with Crippen LogP contribution in [0.5, 0.6) is 0 Å². The third kappa shape index (κ3) is 2.50. The fourth-order valence-corrected chi connectivity index (χ4v) is 2.97. The van der Waals surface area contributed by atoms with Gasteiger partial charge in [-0.05, 0) is 44.2 Å². The normalized spacial score (nSPS) is 21.8. The van der Waals surface area contributed by atoms with Crippen LogP contribution in [0.15, 0.2) is 12.1 Å². The lowest BCUT2D eigenvalue weighted by Gasteiger charge is -2.24. The molecule has 0 spiro atoms. The molecule has 2 rings (SSSR count). The van der Waals surface area contributed by atoms with Gasteiger partial charge in [0.1, 0.15) is 0 Å². The zero-order chi connectivity index (χ0) is 13.4. The standard InChI is InChI=1S/C15H21NO2/c1-9-5-10(2)14(11(3)6-9)16(4)8-12-7-13(12)15(17)18/h5-6,12-13H,7-8H2,1-4H3,(H,17,18). The average Bonchev–Trinajstić information content (AvgIpc) is 2.94. The van der Waals surface area contributed by atoms with Crippen molar-refractivity contribution >= 4 is 11.7 Å². The first-order valence-electron chi connectivity index (χ1n) is 6.42. The third-order valence-corrected chi connectivity index (χ3v) is 3.77. The van der Waals surface area contributed by atoms with Gasteiger partial charge < -0.3 is 10.0 Å². The van der Waals surface area contributed by atoms with Gasteiger partial charge in [0.05, 0.1) is 5.92 Å². The quantitative estimate of drug-likeness (QED) is 0.889. The van der Waals surface area contributed by atoms with Crippen LogP contribution >= 0.6 is 0 Å². The van der Waals surface area contributed by atoms with E-state index >= 15 is 0 Å². The van der Waals surface area contributed by atoms with E-state index in [1.165, 1.54) is 22.4 Å². The van der Waals surface area contributed by atoms with Gasteiger partial charge in [-0.15, -0.1) is 0 Å². The molecule has 0 amide bonds. The summed E-state index contributed by atoms with van der Waals surface area (Å²) in [6.45, 7) is 7.17. The number of aryl methyl sites for hydroxylation is 3. The summed E-state index contributed by atoms with van der Waals surface area (Å²) in [6, 6.07) is 4.36.